The van der Waals surface area contributed by atoms with Crippen LogP contribution in [0.5, 0.6) is 0 Å². The van der Waals surface area contributed by atoms with Crippen LogP contribution in [0.25, 0.3) is 0 Å². The molecule has 0 unspecified atom stereocenters. The van der Waals surface area contributed by atoms with Crippen LogP contribution in [0.1, 0.15) is 15.2 Å². The van der Waals surface area contributed by atoms with Gasteiger partial charge in [-0.2, -0.15) is 0 Å². The van der Waals surface area contributed by atoms with E-state index < -0.39 is 20.9 Å². The molecule has 23 heavy (non-hydrogen) atoms. The van der Waals surface area contributed by atoms with Gasteiger partial charge < -0.3 is 5.32 Å². The molecule has 2 rings (SSSR count). The molecule has 0 saturated heterocycles. The van der Waals surface area contributed by atoms with Gasteiger partial charge in [0.1, 0.15) is 4.21 Å². The minimum Gasteiger partial charge on any atom is -0.347 e. The van der Waals surface area contributed by atoms with Gasteiger partial charge in [-0.1, -0.05) is 6.07 Å². The predicted octanol–water partition coefficient (Wildman–Crippen LogP) is 1.49. The number of rotatable bonds is 6. The number of nitrogens with zero attached hydrogens (tertiary/aromatic N) is 1. The molecule has 1 aromatic carbocycles. The lowest BCUT2D eigenvalue weighted by Crippen LogP contribution is -2.22. The third-order valence-corrected chi connectivity index (χ3v) is 5.90. The summed E-state index contributed by atoms with van der Waals surface area (Å²) in [6.45, 7) is 0.130. The predicted molar refractivity (Wildman–Crippen MR) is 84.8 cm³/mol. The topological polar surface area (TPSA) is 118 Å². The summed E-state index contributed by atoms with van der Waals surface area (Å²) < 4.78 is 25.6. The smallest absolute Gasteiger partial charge is 0.270 e. The molecule has 0 atom stereocenters. The maximum atomic E-state index is 12.0. The lowest BCUT2D eigenvalue weighted by Gasteiger charge is -2.03. The number of sulfonamides is 1. The second-order valence-electron chi connectivity index (χ2n) is 4.42. The molecule has 1 heterocycles. The maximum absolute atomic E-state index is 12.0. The summed E-state index contributed by atoms with van der Waals surface area (Å²) in [5, 5.41) is 13.3. The number of amides is 1. The van der Waals surface area contributed by atoms with Crippen LogP contribution in [0.15, 0.2) is 40.6 Å². The van der Waals surface area contributed by atoms with E-state index in [2.05, 4.69) is 10.0 Å². The SMILES string of the molecule is CNS(=O)(=O)c1ccc(CNC(=O)c2cccc([N+](=O)[O-])c2)s1. The van der Waals surface area contributed by atoms with Crippen molar-refractivity contribution in [3.63, 3.8) is 0 Å². The van der Waals surface area contributed by atoms with Gasteiger partial charge in [0.05, 0.1) is 11.5 Å². The van der Waals surface area contributed by atoms with Gasteiger partial charge in [0.15, 0.2) is 0 Å². The Morgan fingerprint density at radius 1 is 1.30 bits per heavy atom. The molecule has 0 aliphatic rings. The van der Waals surface area contributed by atoms with Crippen LogP contribution in [0.4, 0.5) is 5.69 Å². The van der Waals surface area contributed by atoms with Crippen molar-refractivity contribution in [3.05, 3.63) is 57.0 Å². The third-order valence-electron chi connectivity index (χ3n) is 2.91. The number of nitro groups is 1. The van der Waals surface area contributed by atoms with E-state index in [0.717, 1.165) is 11.3 Å². The fraction of sp³-hybridized carbons (Fsp3) is 0.154. The van der Waals surface area contributed by atoms with E-state index in [4.69, 9.17) is 0 Å². The number of nitro benzene ring substituents is 1. The number of non-ortho nitro benzene ring substituents is 1. The van der Waals surface area contributed by atoms with Gasteiger partial charge in [0.25, 0.3) is 11.6 Å². The van der Waals surface area contributed by atoms with Crippen LogP contribution in [-0.2, 0) is 16.6 Å². The zero-order valence-electron chi connectivity index (χ0n) is 12.0. The van der Waals surface area contributed by atoms with Gasteiger partial charge in [-0.15, -0.1) is 11.3 Å². The van der Waals surface area contributed by atoms with E-state index in [0.29, 0.717) is 4.88 Å². The molecular weight excluding hydrogens is 342 g/mol. The van der Waals surface area contributed by atoms with Crippen molar-refractivity contribution in [1.82, 2.24) is 10.0 Å². The zero-order chi connectivity index (χ0) is 17.0. The molecule has 1 aromatic heterocycles. The normalized spacial score (nSPS) is 11.2. The molecule has 0 fully saturated rings. The van der Waals surface area contributed by atoms with Crippen molar-refractivity contribution in [2.45, 2.75) is 10.8 Å². The van der Waals surface area contributed by atoms with Gasteiger partial charge in [-0.05, 0) is 25.2 Å². The van der Waals surface area contributed by atoms with E-state index in [1.54, 1.807) is 6.07 Å². The summed E-state index contributed by atoms with van der Waals surface area (Å²) in [6, 6.07) is 8.42. The van der Waals surface area contributed by atoms with E-state index in [-0.39, 0.29) is 22.0 Å². The minimum absolute atomic E-state index is 0.130. The van der Waals surface area contributed by atoms with E-state index in [1.165, 1.54) is 37.4 Å². The summed E-state index contributed by atoms with van der Waals surface area (Å²) in [4.78, 5) is 22.8. The summed E-state index contributed by atoms with van der Waals surface area (Å²) in [7, 11) is -2.18. The molecule has 0 bridgehead atoms. The summed E-state index contributed by atoms with van der Waals surface area (Å²) in [6.07, 6.45) is 0. The van der Waals surface area contributed by atoms with Crippen molar-refractivity contribution in [1.29, 1.82) is 0 Å². The van der Waals surface area contributed by atoms with Crippen molar-refractivity contribution in [2.75, 3.05) is 7.05 Å². The molecule has 0 spiro atoms. The first-order valence-electron chi connectivity index (χ1n) is 6.38. The number of carbonyl (C=O) groups is 1. The van der Waals surface area contributed by atoms with Crippen molar-refractivity contribution < 1.29 is 18.1 Å². The Bertz CT molecular complexity index is 845. The van der Waals surface area contributed by atoms with Gasteiger partial charge in [0.2, 0.25) is 10.0 Å². The highest BCUT2D eigenvalue weighted by molar-refractivity contribution is 7.91. The molecule has 0 aliphatic heterocycles. The Morgan fingerprint density at radius 3 is 2.70 bits per heavy atom. The zero-order valence-corrected chi connectivity index (χ0v) is 13.6. The quantitative estimate of drug-likeness (QED) is 0.601. The van der Waals surface area contributed by atoms with Crippen LogP contribution in [0.2, 0.25) is 0 Å². The third kappa shape index (κ3) is 4.12. The molecule has 10 heteroatoms. The highest BCUT2D eigenvalue weighted by atomic mass is 32.2. The molecule has 0 aliphatic carbocycles. The Balaban J connectivity index is 2.05. The number of carbonyl (C=O) groups excluding carboxylic acids is 1. The maximum Gasteiger partial charge on any atom is 0.270 e. The Labute approximate surface area is 136 Å². The molecule has 2 aromatic rings. The Morgan fingerprint density at radius 2 is 2.04 bits per heavy atom. The van der Waals surface area contributed by atoms with E-state index in [1.807, 2.05) is 0 Å². The van der Waals surface area contributed by atoms with Crippen LogP contribution in [-0.4, -0.2) is 26.3 Å². The average Bonchev–Trinajstić information content (AvgIpc) is 3.02. The van der Waals surface area contributed by atoms with Crippen LogP contribution in [0, 0.1) is 10.1 Å². The average molecular weight is 355 g/mol. The number of benzene rings is 1. The summed E-state index contributed by atoms with van der Waals surface area (Å²) >= 11 is 1.04. The molecule has 0 saturated carbocycles. The lowest BCUT2D eigenvalue weighted by molar-refractivity contribution is -0.384. The second-order valence-corrected chi connectivity index (χ2v) is 7.70. The fourth-order valence-electron chi connectivity index (χ4n) is 1.73. The van der Waals surface area contributed by atoms with Crippen molar-refractivity contribution in [3.8, 4) is 0 Å². The van der Waals surface area contributed by atoms with Gasteiger partial charge in [0, 0.05) is 22.6 Å². The lowest BCUT2D eigenvalue weighted by atomic mass is 10.2. The first-order chi connectivity index (χ1) is 10.8. The largest absolute Gasteiger partial charge is 0.347 e. The van der Waals surface area contributed by atoms with E-state index in [9.17, 15) is 23.3 Å². The minimum atomic E-state index is -3.50. The first-order valence-corrected chi connectivity index (χ1v) is 8.68. The highest BCUT2D eigenvalue weighted by Crippen LogP contribution is 2.21. The van der Waals surface area contributed by atoms with Gasteiger partial charge >= 0.3 is 0 Å². The molecule has 122 valence electrons. The number of hydrogen-bond acceptors (Lipinski definition) is 6. The first kappa shape index (κ1) is 17.1. The van der Waals surface area contributed by atoms with Crippen LogP contribution in [0.3, 0.4) is 0 Å². The molecule has 1 amide bonds. The number of thiophene rings is 1. The molecule has 8 nitrogen and oxygen atoms in total. The van der Waals surface area contributed by atoms with Gasteiger partial charge in [-0.25, -0.2) is 13.1 Å². The molecule has 2 N–H and O–H groups in total. The number of hydrogen-bond donors (Lipinski definition) is 2. The van der Waals surface area contributed by atoms with Crippen molar-refractivity contribution >= 4 is 33.0 Å². The molecule has 0 radical (unpaired) electrons. The Hall–Kier alpha value is -2.30. The second kappa shape index (κ2) is 6.86. The monoisotopic (exact) mass is 355 g/mol. The Kier molecular flexibility index (Phi) is 5.08. The highest BCUT2D eigenvalue weighted by Gasteiger charge is 2.15. The summed E-state index contributed by atoms with van der Waals surface area (Å²) in [5.41, 5.74) is -0.00463. The number of nitrogens with one attached hydrogen (secondary N) is 2. The van der Waals surface area contributed by atoms with Gasteiger partial charge in [-0.3, -0.25) is 14.9 Å². The standard InChI is InChI=1S/C13H13N3O5S2/c1-14-23(20,21)12-6-5-11(22-12)8-15-13(17)9-3-2-4-10(7-9)16(18)19/h2-7,14H,8H2,1H3,(H,15,17). The van der Waals surface area contributed by atoms with Crippen molar-refractivity contribution in [2.24, 2.45) is 0 Å². The molecular formula is C13H13N3O5S2. The fourth-order valence-corrected chi connectivity index (χ4v) is 3.86. The van der Waals surface area contributed by atoms with E-state index >= 15 is 0 Å². The van der Waals surface area contributed by atoms with Crippen LogP contribution >= 0.6 is 11.3 Å². The summed E-state index contributed by atoms with van der Waals surface area (Å²) in [5.74, 6) is -0.472. The van der Waals surface area contributed by atoms with Crippen LogP contribution < -0.4 is 10.0 Å².